The smallest absolute Gasteiger partial charge is 0.323 e. The van der Waals surface area contributed by atoms with Gasteiger partial charge in [-0.05, 0) is 19.3 Å². The number of hydrogen-bond acceptors (Lipinski definition) is 4. The summed E-state index contributed by atoms with van der Waals surface area (Å²) in [4.78, 5) is 24.1. The van der Waals surface area contributed by atoms with Gasteiger partial charge in [0.15, 0.2) is 0 Å². The molecule has 0 bridgehead atoms. The molecule has 17 heavy (non-hydrogen) atoms. The van der Waals surface area contributed by atoms with E-state index in [1.54, 1.807) is 7.05 Å². The Labute approximate surface area is 100 Å². The average Bonchev–Trinajstić information content (AvgIpc) is 2.23. The number of aliphatic carboxylic acids is 1. The predicted octanol–water partition coefficient (Wildman–Crippen LogP) is -0.0446. The molecule has 1 aliphatic carbocycles. The minimum absolute atomic E-state index is 0.00816. The van der Waals surface area contributed by atoms with Crippen molar-refractivity contribution in [3.8, 4) is 6.07 Å². The lowest BCUT2D eigenvalue weighted by atomic mass is 9.77. The number of carboxylic acid groups (broad SMARTS) is 1. The molecule has 1 saturated carbocycles. The Morgan fingerprint density at radius 1 is 1.53 bits per heavy atom. The van der Waals surface area contributed by atoms with Crippen LogP contribution in [-0.2, 0) is 9.59 Å². The summed E-state index contributed by atoms with van der Waals surface area (Å²) in [5, 5.41) is 20.3. The topological polar surface area (TPSA) is 93.4 Å². The molecule has 1 rings (SSSR count). The largest absolute Gasteiger partial charge is 0.480 e. The molecule has 0 aromatic carbocycles. The van der Waals surface area contributed by atoms with Crippen molar-refractivity contribution in [1.82, 2.24) is 10.2 Å². The molecule has 0 aromatic heterocycles. The summed E-state index contributed by atoms with van der Waals surface area (Å²) in [5.41, 5.74) is -0.911. The molecule has 1 amide bonds. The van der Waals surface area contributed by atoms with Crippen molar-refractivity contribution in [3.63, 3.8) is 0 Å². The lowest BCUT2D eigenvalue weighted by molar-refractivity contribution is -0.149. The van der Waals surface area contributed by atoms with Gasteiger partial charge in [0, 0.05) is 13.6 Å². The minimum Gasteiger partial charge on any atom is -0.480 e. The Morgan fingerprint density at radius 3 is 2.59 bits per heavy atom. The van der Waals surface area contributed by atoms with Crippen molar-refractivity contribution < 1.29 is 14.7 Å². The van der Waals surface area contributed by atoms with E-state index in [-0.39, 0.29) is 18.9 Å². The minimum atomic E-state index is -0.911. The maximum atomic E-state index is 11.6. The van der Waals surface area contributed by atoms with Gasteiger partial charge in [-0.15, -0.1) is 0 Å². The van der Waals surface area contributed by atoms with Crippen molar-refractivity contribution in [2.45, 2.75) is 31.2 Å². The SMILES string of the molecule is CN(CCC#N)C(=O)CNC1(C(=O)O)CCC1. The summed E-state index contributed by atoms with van der Waals surface area (Å²) >= 11 is 0. The first kappa shape index (κ1) is 13.5. The van der Waals surface area contributed by atoms with Crippen molar-refractivity contribution in [1.29, 1.82) is 5.26 Å². The van der Waals surface area contributed by atoms with Crippen LogP contribution in [0.25, 0.3) is 0 Å². The molecule has 1 fully saturated rings. The number of carboxylic acids is 1. The first-order valence-electron chi connectivity index (χ1n) is 5.61. The first-order chi connectivity index (χ1) is 8.02. The van der Waals surface area contributed by atoms with Crippen LogP contribution in [0.2, 0.25) is 0 Å². The third kappa shape index (κ3) is 3.17. The fourth-order valence-corrected chi connectivity index (χ4v) is 1.72. The maximum Gasteiger partial charge on any atom is 0.323 e. The van der Waals surface area contributed by atoms with Crippen molar-refractivity contribution in [3.05, 3.63) is 0 Å². The molecular formula is C11H17N3O3. The normalized spacial score (nSPS) is 16.7. The fraction of sp³-hybridized carbons (Fsp3) is 0.727. The number of carbonyl (C=O) groups excluding carboxylic acids is 1. The van der Waals surface area contributed by atoms with Gasteiger partial charge in [0.2, 0.25) is 5.91 Å². The predicted molar refractivity (Wildman–Crippen MR) is 60.1 cm³/mol. The van der Waals surface area contributed by atoms with E-state index < -0.39 is 11.5 Å². The van der Waals surface area contributed by atoms with Crippen LogP contribution in [0.3, 0.4) is 0 Å². The van der Waals surface area contributed by atoms with Crippen LogP contribution in [0, 0.1) is 11.3 Å². The maximum absolute atomic E-state index is 11.6. The molecule has 0 aliphatic heterocycles. The summed E-state index contributed by atoms with van der Waals surface area (Å²) in [6, 6.07) is 1.96. The molecule has 2 N–H and O–H groups in total. The number of rotatable bonds is 6. The van der Waals surface area contributed by atoms with Gasteiger partial charge >= 0.3 is 5.97 Å². The molecule has 0 radical (unpaired) electrons. The summed E-state index contributed by atoms with van der Waals surface area (Å²) in [5.74, 6) is -1.08. The van der Waals surface area contributed by atoms with Crippen molar-refractivity contribution in [2.75, 3.05) is 20.1 Å². The number of amides is 1. The van der Waals surface area contributed by atoms with Gasteiger partial charge in [-0.25, -0.2) is 0 Å². The van der Waals surface area contributed by atoms with Crippen LogP contribution >= 0.6 is 0 Å². The molecule has 0 unspecified atom stereocenters. The van der Waals surface area contributed by atoms with Gasteiger partial charge in [-0.2, -0.15) is 5.26 Å². The van der Waals surface area contributed by atoms with Crippen molar-refractivity contribution in [2.24, 2.45) is 0 Å². The standard InChI is InChI=1S/C11H17N3O3/c1-14(7-3-6-12)9(15)8-13-11(10(16)17)4-2-5-11/h13H,2-5,7-8H2,1H3,(H,16,17). The van der Waals surface area contributed by atoms with Crippen LogP contribution in [0.5, 0.6) is 0 Å². The van der Waals surface area contributed by atoms with Gasteiger partial charge in [0.25, 0.3) is 0 Å². The van der Waals surface area contributed by atoms with Crippen LogP contribution < -0.4 is 5.32 Å². The highest BCUT2D eigenvalue weighted by molar-refractivity contribution is 5.82. The summed E-state index contributed by atoms with van der Waals surface area (Å²) < 4.78 is 0. The Bertz CT molecular complexity index is 344. The molecule has 6 heteroatoms. The Balaban J connectivity index is 2.37. The van der Waals surface area contributed by atoms with E-state index in [1.165, 1.54) is 4.90 Å². The molecule has 0 heterocycles. The summed E-state index contributed by atoms with van der Waals surface area (Å²) in [6.07, 6.45) is 2.29. The lowest BCUT2D eigenvalue weighted by Crippen LogP contribution is -2.59. The molecule has 0 spiro atoms. The van der Waals surface area contributed by atoms with Crippen molar-refractivity contribution >= 4 is 11.9 Å². The fourth-order valence-electron chi connectivity index (χ4n) is 1.72. The zero-order chi connectivity index (χ0) is 12.9. The molecule has 0 atom stereocenters. The van der Waals surface area contributed by atoms with E-state index in [1.807, 2.05) is 6.07 Å². The second-order valence-electron chi connectivity index (χ2n) is 4.32. The molecular weight excluding hydrogens is 222 g/mol. The van der Waals surface area contributed by atoms with Crippen LogP contribution in [0.15, 0.2) is 0 Å². The van der Waals surface area contributed by atoms with Crippen LogP contribution in [0.1, 0.15) is 25.7 Å². The molecule has 94 valence electrons. The van der Waals surface area contributed by atoms with E-state index in [0.717, 1.165) is 6.42 Å². The number of nitriles is 1. The zero-order valence-electron chi connectivity index (χ0n) is 9.90. The lowest BCUT2D eigenvalue weighted by Gasteiger charge is -2.38. The van der Waals surface area contributed by atoms with E-state index in [2.05, 4.69) is 5.32 Å². The van der Waals surface area contributed by atoms with Gasteiger partial charge in [0.05, 0.1) is 19.0 Å². The summed E-state index contributed by atoms with van der Waals surface area (Å²) in [6.45, 7) is 0.380. The first-order valence-corrected chi connectivity index (χ1v) is 5.61. The van der Waals surface area contributed by atoms with E-state index in [9.17, 15) is 9.59 Å². The Morgan fingerprint density at radius 2 is 2.18 bits per heavy atom. The highest BCUT2D eigenvalue weighted by Crippen LogP contribution is 2.31. The van der Waals surface area contributed by atoms with Gasteiger partial charge < -0.3 is 10.0 Å². The molecule has 1 aliphatic rings. The zero-order valence-corrected chi connectivity index (χ0v) is 9.90. The van der Waals surface area contributed by atoms with E-state index >= 15 is 0 Å². The second kappa shape index (κ2) is 5.64. The molecule has 6 nitrogen and oxygen atoms in total. The number of nitrogens with one attached hydrogen (secondary N) is 1. The third-order valence-corrected chi connectivity index (χ3v) is 3.18. The quantitative estimate of drug-likeness (QED) is 0.678. The monoisotopic (exact) mass is 239 g/mol. The Kier molecular flexibility index (Phi) is 4.46. The number of hydrogen-bond donors (Lipinski definition) is 2. The molecule has 0 saturated heterocycles. The third-order valence-electron chi connectivity index (χ3n) is 3.18. The average molecular weight is 239 g/mol. The van der Waals surface area contributed by atoms with E-state index in [0.29, 0.717) is 19.4 Å². The van der Waals surface area contributed by atoms with Gasteiger partial charge in [0.1, 0.15) is 5.54 Å². The number of carbonyl (C=O) groups is 2. The van der Waals surface area contributed by atoms with Gasteiger partial charge in [-0.3, -0.25) is 14.9 Å². The number of nitrogens with zero attached hydrogens (tertiary/aromatic N) is 2. The van der Waals surface area contributed by atoms with Gasteiger partial charge in [-0.1, -0.05) is 0 Å². The molecule has 0 aromatic rings. The van der Waals surface area contributed by atoms with Crippen LogP contribution in [-0.4, -0.2) is 47.6 Å². The number of likely N-dealkylation sites (N-methyl/N-ethyl adjacent to an activating group) is 1. The second-order valence-corrected chi connectivity index (χ2v) is 4.32. The highest BCUT2D eigenvalue weighted by atomic mass is 16.4. The van der Waals surface area contributed by atoms with Crippen LogP contribution in [0.4, 0.5) is 0 Å². The highest BCUT2D eigenvalue weighted by Gasteiger charge is 2.44. The summed E-state index contributed by atoms with van der Waals surface area (Å²) in [7, 11) is 1.61. The Hall–Kier alpha value is -1.61. The van der Waals surface area contributed by atoms with E-state index in [4.69, 9.17) is 10.4 Å².